The number of nitrogens with one attached hydrogen (secondary N) is 1. The van der Waals surface area contributed by atoms with Gasteiger partial charge in [0.2, 0.25) is 15.9 Å². The van der Waals surface area contributed by atoms with Crippen LogP contribution in [0.1, 0.15) is 25.8 Å². The smallest absolute Gasteiger partial charge is 0.262 e. The molecule has 1 aliphatic rings. The Labute approximate surface area is 190 Å². The summed E-state index contributed by atoms with van der Waals surface area (Å²) in [6.45, 7) is 1.74. The van der Waals surface area contributed by atoms with Crippen molar-refractivity contribution in [2.24, 2.45) is 0 Å². The maximum Gasteiger partial charge on any atom is 0.262 e. The zero-order chi connectivity index (χ0) is 23.0. The summed E-state index contributed by atoms with van der Waals surface area (Å²) < 4.78 is 27.5. The monoisotopic (exact) mass is 472 g/mol. The van der Waals surface area contributed by atoms with Gasteiger partial charge >= 0.3 is 0 Å². The Balaban J connectivity index is 1.57. The minimum absolute atomic E-state index is 0.0881. The first-order valence-corrected chi connectivity index (χ1v) is 12.5. The number of nitrogens with zero attached hydrogens (tertiary/aromatic N) is 3. The molecule has 0 aliphatic heterocycles. The molecule has 32 heavy (non-hydrogen) atoms. The number of rotatable bonds is 7. The minimum atomic E-state index is -3.61. The SMILES string of the molecule is C[C@@H](Sc1nc2ccccc2c(=O)n1C1CC1)C(=O)Nc1cccc(S(=O)(=O)N(C)C)c1. The minimum Gasteiger partial charge on any atom is -0.325 e. The van der Waals surface area contributed by atoms with Crippen LogP contribution < -0.4 is 10.9 Å². The molecule has 0 unspecified atom stereocenters. The van der Waals surface area contributed by atoms with Crippen LogP contribution in [-0.2, 0) is 14.8 Å². The maximum atomic E-state index is 13.0. The lowest BCUT2D eigenvalue weighted by molar-refractivity contribution is -0.115. The highest BCUT2D eigenvalue weighted by atomic mass is 32.2. The van der Waals surface area contributed by atoms with Crippen molar-refractivity contribution in [2.45, 2.75) is 41.1 Å². The second-order valence-corrected chi connectivity index (χ2v) is 11.3. The van der Waals surface area contributed by atoms with E-state index in [0.717, 1.165) is 17.1 Å². The number of hydrogen-bond acceptors (Lipinski definition) is 6. The molecule has 3 aromatic rings. The third-order valence-corrected chi connectivity index (χ3v) is 8.10. The number of carbonyl (C=O) groups is 1. The van der Waals surface area contributed by atoms with Crippen LogP contribution in [0.4, 0.5) is 5.69 Å². The first kappa shape index (κ1) is 22.5. The first-order valence-electron chi connectivity index (χ1n) is 10.2. The topological polar surface area (TPSA) is 101 Å². The largest absolute Gasteiger partial charge is 0.325 e. The summed E-state index contributed by atoms with van der Waals surface area (Å²) in [4.78, 5) is 30.6. The van der Waals surface area contributed by atoms with Crippen molar-refractivity contribution in [3.63, 3.8) is 0 Å². The third kappa shape index (κ3) is 4.43. The van der Waals surface area contributed by atoms with Gasteiger partial charge in [0.15, 0.2) is 5.16 Å². The zero-order valence-corrected chi connectivity index (χ0v) is 19.6. The molecule has 1 heterocycles. The number of benzene rings is 2. The van der Waals surface area contributed by atoms with Crippen LogP contribution in [0.5, 0.6) is 0 Å². The highest BCUT2D eigenvalue weighted by Crippen LogP contribution is 2.37. The Hall–Kier alpha value is -2.69. The number of sulfonamides is 1. The molecule has 1 aromatic heterocycles. The van der Waals surface area contributed by atoms with E-state index in [1.165, 1.54) is 38.0 Å². The van der Waals surface area contributed by atoms with Crippen LogP contribution >= 0.6 is 11.8 Å². The van der Waals surface area contributed by atoms with E-state index in [9.17, 15) is 18.0 Å². The summed E-state index contributed by atoms with van der Waals surface area (Å²) in [7, 11) is -0.702. The number of anilines is 1. The quantitative estimate of drug-likeness (QED) is 0.419. The highest BCUT2D eigenvalue weighted by Gasteiger charge is 2.30. The van der Waals surface area contributed by atoms with Crippen molar-refractivity contribution < 1.29 is 13.2 Å². The van der Waals surface area contributed by atoms with E-state index in [-0.39, 0.29) is 22.4 Å². The van der Waals surface area contributed by atoms with Crippen LogP contribution in [0.25, 0.3) is 10.9 Å². The number of carbonyl (C=O) groups excluding carboxylic acids is 1. The number of thioether (sulfide) groups is 1. The molecule has 10 heteroatoms. The van der Waals surface area contributed by atoms with E-state index in [1.54, 1.807) is 35.8 Å². The highest BCUT2D eigenvalue weighted by molar-refractivity contribution is 8.00. The van der Waals surface area contributed by atoms with Gasteiger partial charge in [-0.15, -0.1) is 0 Å². The van der Waals surface area contributed by atoms with Crippen molar-refractivity contribution >= 4 is 44.3 Å². The number of hydrogen-bond donors (Lipinski definition) is 1. The van der Waals surface area contributed by atoms with Gasteiger partial charge in [-0.05, 0) is 50.1 Å². The Morgan fingerprint density at radius 3 is 2.59 bits per heavy atom. The maximum absolute atomic E-state index is 13.0. The van der Waals surface area contributed by atoms with Gasteiger partial charge in [0, 0.05) is 25.8 Å². The third-order valence-electron chi connectivity index (χ3n) is 5.22. The Bertz CT molecular complexity index is 1350. The summed E-state index contributed by atoms with van der Waals surface area (Å²) >= 11 is 1.22. The van der Waals surface area contributed by atoms with Crippen molar-refractivity contribution in [2.75, 3.05) is 19.4 Å². The summed E-state index contributed by atoms with van der Waals surface area (Å²) in [5.74, 6) is -0.306. The Morgan fingerprint density at radius 2 is 1.91 bits per heavy atom. The molecule has 1 atom stereocenters. The molecule has 0 spiro atoms. The second kappa shape index (κ2) is 8.68. The number of fused-ring (bicyclic) bond motifs is 1. The molecule has 1 N–H and O–H groups in total. The van der Waals surface area contributed by atoms with Crippen molar-refractivity contribution in [3.05, 3.63) is 58.9 Å². The molecular formula is C22H24N4O4S2. The standard InChI is InChI=1S/C22H24N4O4S2/c1-14(20(27)23-15-7-6-8-17(13-15)32(29,30)25(2)3)31-22-24-19-10-5-4-9-18(19)21(28)26(22)16-11-12-16/h4-10,13-14,16H,11-12H2,1-3H3,(H,23,27)/t14-/m1/s1. The zero-order valence-electron chi connectivity index (χ0n) is 18.0. The molecule has 4 rings (SSSR count). The van der Waals surface area contributed by atoms with E-state index < -0.39 is 15.3 Å². The molecular weight excluding hydrogens is 448 g/mol. The van der Waals surface area contributed by atoms with E-state index in [4.69, 9.17) is 0 Å². The average molecular weight is 473 g/mol. The van der Waals surface area contributed by atoms with Gasteiger partial charge < -0.3 is 5.32 Å². The van der Waals surface area contributed by atoms with Crippen LogP contribution in [0.15, 0.2) is 63.4 Å². The van der Waals surface area contributed by atoms with Gasteiger partial charge in [-0.3, -0.25) is 14.2 Å². The van der Waals surface area contributed by atoms with Crippen LogP contribution in [-0.4, -0.2) is 47.5 Å². The summed E-state index contributed by atoms with van der Waals surface area (Å²) in [6, 6.07) is 13.5. The molecule has 1 aliphatic carbocycles. The molecule has 0 bridgehead atoms. The second-order valence-electron chi connectivity index (χ2n) is 7.88. The molecule has 2 aromatic carbocycles. The van der Waals surface area contributed by atoms with E-state index >= 15 is 0 Å². The Morgan fingerprint density at radius 1 is 1.19 bits per heavy atom. The predicted molar refractivity (Wildman–Crippen MR) is 126 cm³/mol. The number of para-hydroxylation sites is 1. The molecule has 1 amide bonds. The molecule has 8 nitrogen and oxygen atoms in total. The predicted octanol–water partition coefficient (Wildman–Crippen LogP) is 3.10. The fourth-order valence-electron chi connectivity index (χ4n) is 3.26. The lowest BCUT2D eigenvalue weighted by atomic mass is 10.2. The van der Waals surface area contributed by atoms with Gasteiger partial charge in [0.05, 0.1) is 21.0 Å². The molecule has 1 fully saturated rings. The number of aromatic nitrogens is 2. The molecule has 0 radical (unpaired) electrons. The average Bonchev–Trinajstić information content (AvgIpc) is 3.59. The van der Waals surface area contributed by atoms with Crippen molar-refractivity contribution in [1.82, 2.24) is 13.9 Å². The number of amides is 1. The van der Waals surface area contributed by atoms with Gasteiger partial charge in [-0.2, -0.15) is 0 Å². The summed E-state index contributed by atoms with van der Waals surface area (Å²) in [6.07, 6.45) is 1.84. The van der Waals surface area contributed by atoms with Gasteiger partial charge in [-0.25, -0.2) is 17.7 Å². The summed E-state index contributed by atoms with van der Waals surface area (Å²) in [5, 5.41) is 3.30. The van der Waals surface area contributed by atoms with Crippen molar-refractivity contribution in [3.8, 4) is 0 Å². The molecule has 1 saturated carbocycles. The normalized spacial score (nSPS) is 15.1. The fourth-order valence-corrected chi connectivity index (χ4v) is 5.19. The van der Waals surface area contributed by atoms with E-state index in [1.807, 2.05) is 12.1 Å². The van der Waals surface area contributed by atoms with Gasteiger partial charge in [0.25, 0.3) is 5.56 Å². The van der Waals surface area contributed by atoms with Gasteiger partial charge in [0.1, 0.15) is 0 Å². The fraction of sp³-hybridized carbons (Fsp3) is 0.318. The summed E-state index contributed by atoms with van der Waals surface area (Å²) in [5.41, 5.74) is 0.900. The first-order chi connectivity index (χ1) is 15.2. The lowest BCUT2D eigenvalue weighted by Crippen LogP contribution is -2.27. The van der Waals surface area contributed by atoms with E-state index in [2.05, 4.69) is 10.3 Å². The van der Waals surface area contributed by atoms with Gasteiger partial charge in [-0.1, -0.05) is 30.0 Å². The Kier molecular flexibility index (Phi) is 6.11. The van der Waals surface area contributed by atoms with Crippen molar-refractivity contribution in [1.29, 1.82) is 0 Å². The van der Waals surface area contributed by atoms with Crippen LogP contribution in [0.2, 0.25) is 0 Å². The molecule has 168 valence electrons. The van der Waals surface area contributed by atoms with Crippen LogP contribution in [0, 0.1) is 0 Å². The van der Waals surface area contributed by atoms with E-state index in [0.29, 0.717) is 21.7 Å². The van der Waals surface area contributed by atoms with Crippen LogP contribution in [0.3, 0.4) is 0 Å². The lowest BCUT2D eigenvalue weighted by Gasteiger charge is -2.17. The molecule has 0 saturated heterocycles.